The summed E-state index contributed by atoms with van der Waals surface area (Å²) in [7, 11) is 4.47. The van der Waals surface area contributed by atoms with Gasteiger partial charge in [0.2, 0.25) is 11.7 Å². The van der Waals surface area contributed by atoms with Crippen LogP contribution in [0.1, 0.15) is 30.1 Å². The highest BCUT2D eigenvalue weighted by Gasteiger charge is 2.17. The van der Waals surface area contributed by atoms with Crippen LogP contribution in [0.2, 0.25) is 0 Å². The standard InChI is InChI=1S/C20H24N2O5/c1-5-7-18(23)21-14-8-6-9-15(12-14)22-20(24)13-10-16(25-2)19(27-4)17(11-13)26-3/h6,8-12H,5,7H2,1-4H3,(H,21,23)(H,22,24). The predicted octanol–water partition coefficient (Wildman–Crippen LogP) is 3.70. The van der Waals surface area contributed by atoms with Crippen LogP contribution in [0, 0.1) is 0 Å². The third-order valence-corrected chi connectivity index (χ3v) is 3.81. The van der Waals surface area contributed by atoms with Gasteiger partial charge < -0.3 is 24.8 Å². The van der Waals surface area contributed by atoms with E-state index in [4.69, 9.17) is 14.2 Å². The Kier molecular flexibility index (Phi) is 7.05. The van der Waals surface area contributed by atoms with Crippen molar-refractivity contribution in [1.29, 1.82) is 0 Å². The number of hydrogen-bond acceptors (Lipinski definition) is 5. The zero-order valence-electron chi connectivity index (χ0n) is 15.9. The third kappa shape index (κ3) is 5.13. The number of amides is 2. The lowest BCUT2D eigenvalue weighted by Gasteiger charge is -2.14. The molecule has 0 saturated heterocycles. The van der Waals surface area contributed by atoms with Gasteiger partial charge in [0.05, 0.1) is 21.3 Å². The number of benzene rings is 2. The second-order valence-corrected chi connectivity index (χ2v) is 5.75. The van der Waals surface area contributed by atoms with Gasteiger partial charge in [0.1, 0.15) is 0 Å². The Labute approximate surface area is 158 Å². The molecule has 27 heavy (non-hydrogen) atoms. The maximum Gasteiger partial charge on any atom is 0.255 e. The molecule has 2 aromatic carbocycles. The van der Waals surface area contributed by atoms with Gasteiger partial charge in [-0.15, -0.1) is 0 Å². The molecular formula is C20H24N2O5. The van der Waals surface area contributed by atoms with E-state index in [1.165, 1.54) is 21.3 Å². The van der Waals surface area contributed by atoms with E-state index in [1.807, 2.05) is 6.92 Å². The molecule has 0 aliphatic rings. The third-order valence-electron chi connectivity index (χ3n) is 3.81. The van der Waals surface area contributed by atoms with E-state index in [2.05, 4.69) is 10.6 Å². The summed E-state index contributed by atoms with van der Waals surface area (Å²) < 4.78 is 15.8. The van der Waals surface area contributed by atoms with Gasteiger partial charge in [-0.2, -0.15) is 0 Å². The highest BCUT2D eigenvalue weighted by atomic mass is 16.5. The first-order valence-electron chi connectivity index (χ1n) is 8.53. The maximum atomic E-state index is 12.6. The molecule has 0 fully saturated rings. The van der Waals surface area contributed by atoms with Crippen LogP contribution >= 0.6 is 0 Å². The normalized spacial score (nSPS) is 10.1. The van der Waals surface area contributed by atoms with Gasteiger partial charge in [0.25, 0.3) is 5.91 Å². The molecule has 2 aromatic rings. The van der Waals surface area contributed by atoms with Crippen LogP contribution in [-0.2, 0) is 4.79 Å². The fourth-order valence-corrected chi connectivity index (χ4v) is 2.54. The highest BCUT2D eigenvalue weighted by Crippen LogP contribution is 2.38. The van der Waals surface area contributed by atoms with Crippen molar-refractivity contribution in [3.8, 4) is 17.2 Å². The molecule has 7 nitrogen and oxygen atoms in total. The second kappa shape index (κ2) is 9.47. The average Bonchev–Trinajstić information content (AvgIpc) is 2.67. The van der Waals surface area contributed by atoms with Crippen LogP contribution in [0.3, 0.4) is 0 Å². The Balaban J connectivity index is 2.21. The van der Waals surface area contributed by atoms with Crippen molar-refractivity contribution in [1.82, 2.24) is 0 Å². The summed E-state index contributed by atoms with van der Waals surface area (Å²) in [6, 6.07) is 10.1. The van der Waals surface area contributed by atoms with Crippen molar-refractivity contribution in [3.63, 3.8) is 0 Å². The summed E-state index contributed by atoms with van der Waals surface area (Å²) in [5, 5.41) is 5.60. The number of carbonyl (C=O) groups is 2. The van der Waals surface area contributed by atoms with E-state index in [-0.39, 0.29) is 11.8 Å². The van der Waals surface area contributed by atoms with Gasteiger partial charge >= 0.3 is 0 Å². The smallest absolute Gasteiger partial charge is 0.255 e. The molecule has 7 heteroatoms. The Morgan fingerprint density at radius 2 is 1.48 bits per heavy atom. The van der Waals surface area contributed by atoms with Gasteiger partial charge in [-0.25, -0.2) is 0 Å². The number of nitrogens with one attached hydrogen (secondary N) is 2. The van der Waals surface area contributed by atoms with Crippen molar-refractivity contribution < 1.29 is 23.8 Å². The lowest BCUT2D eigenvalue weighted by Crippen LogP contribution is -2.14. The van der Waals surface area contributed by atoms with Crippen molar-refractivity contribution in [2.24, 2.45) is 0 Å². The van der Waals surface area contributed by atoms with E-state index < -0.39 is 0 Å². The minimum absolute atomic E-state index is 0.0643. The summed E-state index contributed by atoms with van der Waals surface area (Å²) in [4.78, 5) is 24.4. The molecule has 0 saturated carbocycles. The molecule has 2 amide bonds. The number of anilines is 2. The fraction of sp³-hybridized carbons (Fsp3) is 0.300. The first kappa shape index (κ1) is 20.1. The van der Waals surface area contributed by atoms with Gasteiger partial charge in [0.15, 0.2) is 11.5 Å². The number of methoxy groups -OCH3 is 3. The minimum Gasteiger partial charge on any atom is -0.493 e. The summed E-state index contributed by atoms with van der Waals surface area (Å²) in [5.41, 5.74) is 1.53. The SMILES string of the molecule is CCCC(=O)Nc1cccc(NC(=O)c2cc(OC)c(OC)c(OC)c2)c1. The maximum absolute atomic E-state index is 12.6. The molecule has 144 valence electrons. The monoisotopic (exact) mass is 372 g/mol. The topological polar surface area (TPSA) is 85.9 Å². The lowest BCUT2D eigenvalue weighted by molar-refractivity contribution is -0.116. The molecule has 0 radical (unpaired) electrons. The summed E-state index contributed by atoms with van der Waals surface area (Å²) >= 11 is 0. The van der Waals surface area contributed by atoms with E-state index in [0.29, 0.717) is 40.6 Å². The Bertz CT molecular complexity index is 795. The van der Waals surface area contributed by atoms with E-state index in [0.717, 1.165) is 6.42 Å². The van der Waals surface area contributed by atoms with Crippen molar-refractivity contribution >= 4 is 23.2 Å². The molecule has 0 spiro atoms. The molecule has 0 heterocycles. The van der Waals surface area contributed by atoms with E-state index >= 15 is 0 Å². The van der Waals surface area contributed by atoms with Crippen LogP contribution in [0.25, 0.3) is 0 Å². The first-order chi connectivity index (χ1) is 13.0. The predicted molar refractivity (Wildman–Crippen MR) is 104 cm³/mol. The van der Waals surface area contributed by atoms with Crippen LogP contribution in [-0.4, -0.2) is 33.1 Å². The van der Waals surface area contributed by atoms with E-state index in [1.54, 1.807) is 36.4 Å². The average molecular weight is 372 g/mol. The van der Waals surface area contributed by atoms with Crippen molar-refractivity contribution in [2.45, 2.75) is 19.8 Å². The Morgan fingerprint density at radius 1 is 0.889 bits per heavy atom. The van der Waals surface area contributed by atoms with Gasteiger partial charge in [-0.05, 0) is 36.8 Å². The fourth-order valence-electron chi connectivity index (χ4n) is 2.54. The molecule has 2 N–H and O–H groups in total. The first-order valence-corrected chi connectivity index (χ1v) is 8.53. The molecule has 0 unspecified atom stereocenters. The van der Waals surface area contributed by atoms with Gasteiger partial charge in [-0.3, -0.25) is 9.59 Å². The molecule has 0 atom stereocenters. The lowest BCUT2D eigenvalue weighted by atomic mass is 10.1. The molecule has 2 rings (SSSR count). The summed E-state index contributed by atoms with van der Waals surface area (Å²) in [5.74, 6) is 0.791. The van der Waals surface area contributed by atoms with Crippen LogP contribution in [0.4, 0.5) is 11.4 Å². The summed E-state index contributed by atoms with van der Waals surface area (Å²) in [6.45, 7) is 1.94. The van der Waals surface area contributed by atoms with Crippen LogP contribution in [0.5, 0.6) is 17.2 Å². The number of hydrogen-bond donors (Lipinski definition) is 2. The van der Waals surface area contributed by atoms with E-state index in [9.17, 15) is 9.59 Å². The zero-order chi connectivity index (χ0) is 19.8. The Morgan fingerprint density at radius 3 is 2.00 bits per heavy atom. The molecule has 0 aliphatic heterocycles. The Hall–Kier alpha value is -3.22. The zero-order valence-corrected chi connectivity index (χ0v) is 15.9. The second-order valence-electron chi connectivity index (χ2n) is 5.75. The molecule has 0 aliphatic carbocycles. The summed E-state index contributed by atoms with van der Waals surface area (Å²) in [6.07, 6.45) is 1.21. The van der Waals surface area contributed by atoms with Crippen LogP contribution < -0.4 is 24.8 Å². The van der Waals surface area contributed by atoms with Gasteiger partial charge in [0, 0.05) is 23.4 Å². The molecule has 0 aromatic heterocycles. The number of rotatable bonds is 8. The highest BCUT2D eigenvalue weighted by molar-refractivity contribution is 6.05. The largest absolute Gasteiger partial charge is 0.493 e. The number of ether oxygens (including phenoxy) is 3. The molecule has 0 bridgehead atoms. The quantitative estimate of drug-likeness (QED) is 0.738. The van der Waals surface area contributed by atoms with Crippen LogP contribution in [0.15, 0.2) is 36.4 Å². The minimum atomic E-state index is -0.341. The van der Waals surface area contributed by atoms with Gasteiger partial charge in [-0.1, -0.05) is 13.0 Å². The number of carbonyl (C=O) groups excluding carboxylic acids is 2. The van der Waals surface area contributed by atoms with Crippen molar-refractivity contribution in [3.05, 3.63) is 42.0 Å². The molecular weight excluding hydrogens is 348 g/mol. The van der Waals surface area contributed by atoms with Crippen molar-refractivity contribution in [2.75, 3.05) is 32.0 Å².